The molecule has 0 bridgehead atoms. The van der Waals surface area contributed by atoms with Gasteiger partial charge in [0.1, 0.15) is 0 Å². The second-order valence-corrected chi connectivity index (χ2v) is 4.22. The van der Waals surface area contributed by atoms with Gasteiger partial charge in [0.05, 0.1) is 20.1 Å². The molecule has 0 fully saturated rings. The van der Waals surface area contributed by atoms with E-state index in [4.69, 9.17) is 0 Å². The third kappa shape index (κ3) is 12.2. The van der Waals surface area contributed by atoms with Crippen molar-refractivity contribution in [1.82, 2.24) is 0 Å². The second kappa shape index (κ2) is 13.2. The zero-order valence-electron chi connectivity index (χ0n) is 10.2. The van der Waals surface area contributed by atoms with Gasteiger partial charge >= 0.3 is 0 Å². The summed E-state index contributed by atoms with van der Waals surface area (Å²) in [4.78, 5) is 1.73. The summed E-state index contributed by atoms with van der Waals surface area (Å²) in [6.07, 6.45) is 9.80. The van der Waals surface area contributed by atoms with Gasteiger partial charge in [-0.25, -0.2) is 0 Å². The van der Waals surface area contributed by atoms with Crippen molar-refractivity contribution < 1.29 is 17.3 Å². The van der Waals surface area contributed by atoms with Crippen molar-refractivity contribution in [1.29, 1.82) is 0 Å². The number of hydrogen-bond donors (Lipinski definition) is 1. The van der Waals surface area contributed by atoms with Gasteiger partial charge in [0.15, 0.2) is 0 Å². The van der Waals surface area contributed by atoms with Gasteiger partial charge in [-0.15, -0.1) is 0 Å². The molecule has 1 N–H and O–H groups in total. The Kier molecular flexibility index (Phi) is 15.8. The van der Waals surface area contributed by atoms with Crippen molar-refractivity contribution >= 4 is 0 Å². The van der Waals surface area contributed by atoms with Crippen LogP contribution in [0.5, 0.6) is 0 Å². The highest BCUT2D eigenvalue weighted by Crippen LogP contribution is 1.96. The van der Waals surface area contributed by atoms with Crippen molar-refractivity contribution in [3.8, 4) is 0 Å². The predicted octanol–water partition coefficient (Wildman–Crippen LogP) is -0.724. The van der Waals surface area contributed by atoms with Crippen LogP contribution in [0.4, 0.5) is 0 Å². The van der Waals surface area contributed by atoms with E-state index in [1.165, 1.54) is 58.0 Å². The smallest absolute Gasteiger partial charge is 0.0768 e. The minimum Gasteiger partial charge on any atom is -1.00 e. The van der Waals surface area contributed by atoms with Crippen LogP contribution in [0.1, 0.15) is 58.8 Å². The monoisotopic (exact) mass is 221 g/mol. The molecule has 0 amide bonds. The molecule has 0 rings (SSSR count). The summed E-state index contributed by atoms with van der Waals surface area (Å²) in [7, 11) is 2.33. The lowest BCUT2D eigenvalue weighted by atomic mass is 10.2. The van der Waals surface area contributed by atoms with Gasteiger partial charge in [-0.2, -0.15) is 0 Å². The molecular weight excluding hydrogens is 194 g/mol. The number of rotatable bonds is 9. The molecule has 0 saturated carbocycles. The minimum absolute atomic E-state index is 0. The topological polar surface area (TPSA) is 4.44 Å². The standard InChI is InChI=1S/C12H27N.ClH/c1-4-6-8-10-12-13(3)11-9-7-5-2;/h4-12H2,1-3H3;1H. The predicted molar refractivity (Wildman–Crippen MR) is 60.3 cm³/mol. The highest BCUT2D eigenvalue weighted by atomic mass is 35.5. The Hall–Kier alpha value is 0.250. The molecule has 0 aliphatic rings. The lowest BCUT2D eigenvalue weighted by Gasteiger charge is -2.13. The third-order valence-electron chi connectivity index (χ3n) is 2.66. The average molecular weight is 222 g/mol. The maximum absolute atomic E-state index is 2.33. The third-order valence-corrected chi connectivity index (χ3v) is 2.66. The van der Waals surface area contributed by atoms with E-state index in [0.29, 0.717) is 0 Å². The van der Waals surface area contributed by atoms with E-state index in [9.17, 15) is 0 Å². The van der Waals surface area contributed by atoms with Crippen molar-refractivity contribution in [2.45, 2.75) is 58.8 Å². The average Bonchev–Trinajstić information content (AvgIpc) is 2.13. The van der Waals surface area contributed by atoms with Crippen molar-refractivity contribution in [2.24, 2.45) is 0 Å². The van der Waals surface area contributed by atoms with E-state index < -0.39 is 0 Å². The summed E-state index contributed by atoms with van der Waals surface area (Å²) in [5.41, 5.74) is 0. The van der Waals surface area contributed by atoms with Gasteiger partial charge in [-0.05, 0) is 25.7 Å². The summed E-state index contributed by atoms with van der Waals surface area (Å²) >= 11 is 0. The summed E-state index contributed by atoms with van der Waals surface area (Å²) in [5, 5.41) is 0. The lowest BCUT2D eigenvalue weighted by molar-refractivity contribution is -0.880. The maximum Gasteiger partial charge on any atom is 0.0768 e. The molecule has 0 aromatic carbocycles. The summed E-state index contributed by atoms with van der Waals surface area (Å²) in [6, 6.07) is 0. The first-order chi connectivity index (χ1) is 6.31. The molecule has 0 aromatic heterocycles. The van der Waals surface area contributed by atoms with Crippen LogP contribution >= 0.6 is 0 Å². The number of nitrogens with one attached hydrogen (secondary N) is 1. The first-order valence-electron chi connectivity index (χ1n) is 6.12. The van der Waals surface area contributed by atoms with Crippen LogP contribution in [-0.4, -0.2) is 20.1 Å². The zero-order valence-corrected chi connectivity index (χ0v) is 11.0. The molecule has 0 aliphatic heterocycles. The van der Waals surface area contributed by atoms with E-state index in [-0.39, 0.29) is 12.4 Å². The van der Waals surface area contributed by atoms with Gasteiger partial charge in [0.2, 0.25) is 0 Å². The van der Waals surface area contributed by atoms with Crippen LogP contribution in [-0.2, 0) is 0 Å². The van der Waals surface area contributed by atoms with Gasteiger partial charge < -0.3 is 17.3 Å². The molecule has 0 radical (unpaired) electrons. The van der Waals surface area contributed by atoms with Crippen LogP contribution in [0.2, 0.25) is 0 Å². The summed E-state index contributed by atoms with van der Waals surface area (Å²) in [6.45, 7) is 7.30. The molecule has 1 unspecified atom stereocenters. The Morgan fingerprint density at radius 2 is 1.14 bits per heavy atom. The largest absolute Gasteiger partial charge is 1.00 e. The minimum atomic E-state index is 0. The Bertz CT molecular complexity index is 96.3. The van der Waals surface area contributed by atoms with E-state index >= 15 is 0 Å². The highest BCUT2D eigenvalue weighted by Gasteiger charge is 1.99. The van der Waals surface area contributed by atoms with Crippen molar-refractivity contribution in [2.75, 3.05) is 20.1 Å². The van der Waals surface area contributed by atoms with E-state index in [1.807, 2.05) is 0 Å². The maximum atomic E-state index is 2.33. The molecule has 2 heteroatoms. The lowest BCUT2D eigenvalue weighted by Crippen LogP contribution is -3.09. The van der Waals surface area contributed by atoms with Gasteiger partial charge in [-0.1, -0.05) is 33.1 Å². The second-order valence-electron chi connectivity index (χ2n) is 4.22. The first kappa shape index (κ1) is 16.7. The van der Waals surface area contributed by atoms with Gasteiger partial charge in [-0.3, -0.25) is 0 Å². The first-order valence-corrected chi connectivity index (χ1v) is 6.12. The number of quaternary nitrogens is 1. The van der Waals surface area contributed by atoms with E-state index in [1.54, 1.807) is 4.90 Å². The van der Waals surface area contributed by atoms with Gasteiger partial charge in [0, 0.05) is 0 Å². The van der Waals surface area contributed by atoms with Crippen LogP contribution in [0.3, 0.4) is 0 Å². The Labute approximate surface area is 96.7 Å². The number of unbranched alkanes of at least 4 members (excludes halogenated alkanes) is 5. The highest BCUT2D eigenvalue weighted by molar-refractivity contribution is 4.39. The summed E-state index contributed by atoms with van der Waals surface area (Å²) < 4.78 is 0. The van der Waals surface area contributed by atoms with E-state index in [0.717, 1.165) is 0 Å². The molecule has 0 aromatic rings. The Morgan fingerprint density at radius 3 is 1.64 bits per heavy atom. The van der Waals surface area contributed by atoms with Crippen LogP contribution < -0.4 is 17.3 Å². The van der Waals surface area contributed by atoms with Crippen molar-refractivity contribution in [3.63, 3.8) is 0 Å². The zero-order chi connectivity index (χ0) is 9.94. The molecule has 0 heterocycles. The fraction of sp³-hybridized carbons (Fsp3) is 1.00. The number of halogens is 1. The van der Waals surface area contributed by atoms with Crippen LogP contribution in [0, 0.1) is 0 Å². The van der Waals surface area contributed by atoms with Crippen LogP contribution in [0.15, 0.2) is 0 Å². The molecule has 14 heavy (non-hydrogen) atoms. The van der Waals surface area contributed by atoms with E-state index in [2.05, 4.69) is 20.9 Å². The fourth-order valence-corrected chi connectivity index (χ4v) is 1.66. The fourth-order valence-electron chi connectivity index (χ4n) is 1.66. The molecule has 0 spiro atoms. The van der Waals surface area contributed by atoms with Crippen molar-refractivity contribution in [3.05, 3.63) is 0 Å². The Balaban J connectivity index is 0. The quantitative estimate of drug-likeness (QED) is 0.490. The Morgan fingerprint density at radius 1 is 0.714 bits per heavy atom. The van der Waals surface area contributed by atoms with Crippen LogP contribution in [0.25, 0.3) is 0 Å². The number of hydrogen-bond acceptors (Lipinski definition) is 0. The SMILES string of the molecule is CCCCCC[NH+](C)CCCCC.[Cl-]. The molecule has 88 valence electrons. The normalized spacial score (nSPS) is 12.2. The molecule has 0 saturated heterocycles. The van der Waals surface area contributed by atoms with Gasteiger partial charge in [0.25, 0.3) is 0 Å². The summed E-state index contributed by atoms with van der Waals surface area (Å²) in [5.74, 6) is 0. The molecular formula is C12H28ClN. The molecule has 1 atom stereocenters. The molecule has 0 aliphatic carbocycles. The molecule has 1 nitrogen and oxygen atoms in total.